The van der Waals surface area contributed by atoms with Crippen LogP contribution in [0.3, 0.4) is 0 Å². The Morgan fingerprint density at radius 1 is 1.25 bits per heavy atom. The van der Waals surface area contributed by atoms with E-state index in [0.29, 0.717) is 0 Å². The van der Waals surface area contributed by atoms with E-state index in [9.17, 15) is 0 Å². The molecule has 1 aliphatic rings. The lowest BCUT2D eigenvalue weighted by atomic mass is 10.2. The Morgan fingerprint density at radius 2 is 2.00 bits per heavy atom. The molecule has 0 saturated heterocycles. The van der Waals surface area contributed by atoms with E-state index in [1.807, 2.05) is 0 Å². The van der Waals surface area contributed by atoms with Crippen LogP contribution in [0.15, 0.2) is 25.7 Å². The topological polar surface area (TPSA) is 18.5 Å². The third-order valence-electron chi connectivity index (χ3n) is 2.15. The molecule has 0 aromatic rings. The molecule has 1 fully saturated rings. The largest absolute Gasteiger partial charge is 0.502 e. The van der Waals surface area contributed by atoms with E-state index in [2.05, 4.69) is 13.2 Å². The smallest absolute Gasteiger partial charge is 0.109 e. The standard InChI is InChI=1S/C10H16O2/c1-3-11-9-5-6-10(7-8-10)12-4-2/h3-4H,1-2,5-9H2. The second kappa shape index (κ2) is 4.19. The van der Waals surface area contributed by atoms with Crippen LogP contribution in [-0.2, 0) is 9.47 Å². The van der Waals surface area contributed by atoms with Gasteiger partial charge in [0.05, 0.1) is 19.1 Å². The fourth-order valence-corrected chi connectivity index (χ4v) is 1.30. The molecular weight excluding hydrogens is 152 g/mol. The van der Waals surface area contributed by atoms with Gasteiger partial charge in [-0.3, -0.25) is 0 Å². The summed E-state index contributed by atoms with van der Waals surface area (Å²) in [7, 11) is 0. The maximum atomic E-state index is 5.40. The van der Waals surface area contributed by atoms with Crippen molar-refractivity contribution in [3.63, 3.8) is 0 Å². The van der Waals surface area contributed by atoms with Crippen LogP contribution in [0, 0.1) is 0 Å². The van der Waals surface area contributed by atoms with Crippen LogP contribution < -0.4 is 0 Å². The highest BCUT2D eigenvalue weighted by Gasteiger charge is 2.43. The zero-order valence-corrected chi connectivity index (χ0v) is 7.42. The molecule has 0 unspecified atom stereocenters. The maximum Gasteiger partial charge on any atom is 0.109 e. The van der Waals surface area contributed by atoms with Gasteiger partial charge in [-0.05, 0) is 25.7 Å². The van der Waals surface area contributed by atoms with Crippen molar-refractivity contribution in [1.29, 1.82) is 0 Å². The molecule has 0 aromatic heterocycles. The molecule has 0 bridgehead atoms. The highest BCUT2D eigenvalue weighted by molar-refractivity contribution is 4.96. The summed E-state index contributed by atoms with van der Waals surface area (Å²) in [5, 5.41) is 0. The molecule has 68 valence electrons. The Bertz CT molecular complexity index is 159. The van der Waals surface area contributed by atoms with Crippen LogP contribution in [0.25, 0.3) is 0 Å². The summed E-state index contributed by atoms with van der Waals surface area (Å²) in [6, 6.07) is 0. The van der Waals surface area contributed by atoms with Crippen molar-refractivity contribution in [2.45, 2.75) is 31.3 Å². The lowest BCUT2D eigenvalue weighted by Gasteiger charge is -2.13. The molecule has 0 spiro atoms. The lowest BCUT2D eigenvalue weighted by Crippen LogP contribution is -2.11. The molecule has 2 heteroatoms. The van der Waals surface area contributed by atoms with Crippen LogP contribution in [0.5, 0.6) is 0 Å². The summed E-state index contributed by atoms with van der Waals surface area (Å²) in [4.78, 5) is 0. The summed E-state index contributed by atoms with van der Waals surface area (Å²) in [5.74, 6) is 0. The van der Waals surface area contributed by atoms with Gasteiger partial charge in [-0.2, -0.15) is 0 Å². The summed E-state index contributed by atoms with van der Waals surface area (Å²) >= 11 is 0. The maximum absolute atomic E-state index is 5.40. The minimum Gasteiger partial charge on any atom is -0.502 e. The molecule has 12 heavy (non-hydrogen) atoms. The molecule has 1 saturated carbocycles. The fourth-order valence-electron chi connectivity index (χ4n) is 1.30. The predicted molar refractivity (Wildman–Crippen MR) is 48.6 cm³/mol. The van der Waals surface area contributed by atoms with Crippen LogP contribution >= 0.6 is 0 Å². The second-order valence-corrected chi connectivity index (χ2v) is 3.11. The van der Waals surface area contributed by atoms with Crippen molar-refractivity contribution < 1.29 is 9.47 Å². The minimum atomic E-state index is 0.117. The molecule has 1 aliphatic carbocycles. The van der Waals surface area contributed by atoms with E-state index in [1.54, 1.807) is 6.26 Å². The molecule has 0 N–H and O–H groups in total. The monoisotopic (exact) mass is 168 g/mol. The van der Waals surface area contributed by atoms with Gasteiger partial charge in [0, 0.05) is 0 Å². The third kappa shape index (κ3) is 2.61. The van der Waals surface area contributed by atoms with E-state index < -0.39 is 0 Å². The van der Waals surface area contributed by atoms with Gasteiger partial charge in [0.15, 0.2) is 0 Å². The quantitative estimate of drug-likeness (QED) is 0.429. The third-order valence-corrected chi connectivity index (χ3v) is 2.15. The molecule has 0 aliphatic heterocycles. The first-order valence-electron chi connectivity index (χ1n) is 4.34. The summed E-state index contributed by atoms with van der Waals surface area (Å²) < 4.78 is 10.4. The Balaban J connectivity index is 2.05. The predicted octanol–water partition coefficient (Wildman–Crippen LogP) is 2.62. The Kier molecular flexibility index (Phi) is 3.20. The first-order valence-corrected chi connectivity index (χ1v) is 4.34. The van der Waals surface area contributed by atoms with E-state index in [1.165, 1.54) is 6.26 Å². The van der Waals surface area contributed by atoms with Crippen molar-refractivity contribution in [2.24, 2.45) is 0 Å². The molecule has 2 nitrogen and oxygen atoms in total. The van der Waals surface area contributed by atoms with Crippen molar-refractivity contribution in [3.8, 4) is 0 Å². The normalized spacial score (nSPS) is 18.0. The first kappa shape index (κ1) is 9.17. The Morgan fingerprint density at radius 3 is 2.50 bits per heavy atom. The van der Waals surface area contributed by atoms with Crippen LogP contribution in [0.1, 0.15) is 25.7 Å². The second-order valence-electron chi connectivity index (χ2n) is 3.11. The van der Waals surface area contributed by atoms with Crippen molar-refractivity contribution >= 4 is 0 Å². The van der Waals surface area contributed by atoms with Gasteiger partial charge in [-0.1, -0.05) is 13.2 Å². The molecule has 0 atom stereocenters. The van der Waals surface area contributed by atoms with E-state index in [-0.39, 0.29) is 5.60 Å². The number of hydrogen-bond donors (Lipinski definition) is 0. The van der Waals surface area contributed by atoms with Gasteiger partial charge in [-0.25, -0.2) is 0 Å². The van der Waals surface area contributed by atoms with Crippen LogP contribution in [0.2, 0.25) is 0 Å². The van der Waals surface area contributed by atoms with Crippen molar-refractivity contribution in [1.82, 2.24) is 0 Å². The van der Waals surface area contributed by atoms with Gasteiger partial charge in [0.1, 0.15) is 5.60 Å². The fraction of sp³-hybridized carbons (Fsp3) is 0.600. The zero-order valence-electron chi connectivity index (χ0n) is 7.42. The lowest BCUT2D eigenvalue weighted by molar-refractivity contribution is 0.101. The summed E-state index contributed by atoms with van der Waals surface area (Å²) in [6.07, 6.45) is 7.43. The van der Waals surface area contributed by atoms with Crippen molar-refractivity contribution in [3.05, 3.63) is 25.7 Å². The number of rotatable bonds is 7. The van der Waals surface area contributed by atoms with Gasteiger partial charge in [-0.15, -0.1) is 0 Å². The van der Waals surface area contributed by atoms with Gasteiger partial charge < -0.3 is 9.47 Å². The molecular formula is C10H16O2. The molecule has 0 aromatic carbocycles. The van der Waals surface area contributed by atoms with Gasteiger partial charge >= 0.3 is 0 Å². The highest BCUT2D eigenvalue weighted by Crippen LogP contribution is 2.43. The Labute approximate surface area is 73.9 Å². The molecule has 1 rings (SSSR count). The number of hydrogen-bond acceptors (Lipinski definition) is 2. The average Bonchev–Trinajstić information content (AvgIpc) is 2.81. The minimum absolute atomic E-state index is 0.117. The van der Waals surface area contributed by atoms with E-state index in [4.69, 9.17) is 9.47 Å². The molecule has 0 heterocycles. The SMILES string of the molecule is C=COCCCC1(OC=C)CC1. The summed E-state index contributed by atoms with van der Waals surface area (Å²) in [6.45, 7) is 7.78. The van der Waals surface area contributed by atoms with Gasteiger partial charge in [0.25, 0.3) is 0 Å². The zero-order chi connectivity index (χ0) is 8.86. The Hall–Kier alpha value is -0.920. The summed E-state index contributed by atoms with van der Waals surface area (Å²) in [5.41, 5.74) is 0.117. The first-order chi connectivity index (χ1) is 5.83. The van der Waals surface area contributed by atoms with Gasteiger partial charge in [0.2, 0.25) is 0 Å². The number of ether oxygens (including phenoxy) is 2. The highest BCUT2D eigenvalue weighted by atomic mass is 16.5. The molecule has 0 amide bonds. The van der Waals surface area contributed by atoms with E-state index >= 15 is 0 Å². The van der Waals surface area contributed by atoms with Crippen molar-refractivity contribution in [2.75, 3.05) is 6.61 Å². The molecule has 0 radical (unpaired) electrons. The van der Waals surface area contributed by atoms with Crippen LogP contribution in [-0.4, -0.2) is 12.2 Å². The average molecular weight is 168 g/mol. The van der Waals surface area contributed by atoms with Crippen LogP contribution in [0.4, 0.5) is 0 Å². The van der Waals surface area contributed by atoms with E-state index in [0.717, 1.165) is 32.3 Å².